The maximum Gasteiger partial charge on any atom is 0.338 e. The topological polar surface area (TPSA) is 87.0 Å². The summed E-state index contributed by atoms with van der Waals surface area (Å²) in [6, 6.07) is 12.2. The highest BCUT2D eigenvalue weighted by atomic mass is 79.9. The number of aryl methyl sites for hydroxylation is 1. The Bertz CT molecular complexity index is 1530. The summed E-state index contributed by atoms with van der Waals surface area (Å²) in [6.07, 6.45) is 1.67. The van der Waals surface area contributed by atoms with Crippen LogP contribution in [-0.2, 0) is 14.3 Å². The maximum atomic E-state index is 13.7. The molecule has 0 saturated heterocycles. The van der Waals surface area contributed by atoms with Crippen LogP contribution >= 0.6 is 27.3 Å². The summed E-state index contributed by atoms with van der Waals surface area (Å²) < 4.78 is 13.3. The molecule has 180 valence electrons. The Morgan fingerprint density at radius 2 is 1.89 bits per heavy atom. The van der Waals surface area contributed by atoms with Crippen molar-refractivity contribution < 1.29 is 19.1 Å². The molecule has 1 aliphatic rings. The Balaban J connectivity index is 1.96. The van der Waals surface area contributed by atoms with Crippen LogP contribution in [0.3, 0.4) is 0 Å². The maximum absolute atomic E-state index is 13.7. The van der Waals surface area contributed by atoms with E-state index in [1.165, 1.54) is 22.8 Å². The number of nitrogens with zero attached hydrogens (tertiary/aromatic N) is 2. The number of halogens is 1. The third-order valence-corrected chi connectivity index (χ3v) is 6.90. The van der Waals surface area contributed by atoms with Crippen molar-refractivity contribution in [3.05, 3.63) is 94.6 Å². The molecule has 3 aromatic rings. The molecule has 35 heavy (non-hydrogen) atoms. The van der Waals surface area contributed by atoms with E-state index in [0.29, 0.717) is 31.9 Å². The summed E-state index contributed by atoms with van der Waals surface area (Å²) in [7, 11) is 0. The fourth-order valence-electron chi connectivity index (χ4n) is 3.88. The van der Waals surface area contributed by atoms with E-state index in [0.717, 1.165) is 15.6 Å². The number of carbonyl (C=O) groups excluding carboxylic acids is 2. The molecular formula is C26H23BrN2O5S. The van der Waals surface area contributed by atoms with Crippen molar-refractivity contribution in [2.75, 3.05) is 6.61 Å². The van der Waals surface area contributed by atoms with E-state index in [1.54, 1.807) is 38.1 Å². The average molecular weight is 555 g/mol. The molecular weight excluding hydrogens is 532 g/mol. The SMILES string of the molecule is CCOC(=O)C1=C(C)N=c2s/c(=C\c3cc(Br)ccc3OC(C)=O)c(=O)n2C1c1ccc(C)cc1. The molecule has 0 radical (unpaired) electrons. The van der Waals surface area contributed by atoms with Crippen molar-refractivity contribution >= 4 is 45.3 Å². The van der Waals surface area contributed by atoms with E-state index in [2.05, 4.69) is 20.9 Å². The van der Waals surface area contributed by atoms with Gasteiger partial charge in [-0.15, -0.1) is 0 Å². The first-order valence-corrected chi connectivity index (χ1v) is 12.5. The molecule has 1 aliphatic heterocycles. The number of fused-ring (bicyclic) bond motifs is 1. The van der Waals surface area contributed by atoms with Crippen LogP contribution in [0, 0.1) is 6.92 Å². The zero-order chi connectivity index (χ0) is 25.3. The van der Waals surface area contributed by atoms with Crippen LogP contribution in [0.1, 0.15) is 43.5 Å². The predicted molar refractivity (Wildman–Crippen MR) is 137 cm³/mol. The standard InChI is InChI=1S/C26H23BrN2O5S/c1-5-33-25(32)22-15(3)28-26-29(23(22)17-8-6-14(2)7-9-17)24(31)21(35-26)13-18-12-19(27)10-11-20(18)34-16(4)30/h6-13,23H,5H2,1-4H3/b21-13-. The second kappa shape index (κ2) is 10.1. The second-order valence-electron chi connectivity index (χ2n) is 7.99. The highest BCUT2D eigenvalue weighted by molar-refractivity contribution is 9.10. The largest absolute Gasteiger partial charge is 0.463 e. The van der Waals surface area contributed by atoms with Gasteiger partial charge in [-0.25, -0.2) is 9.79 Å². The quantitative estimate of drug-likeness (QED) is 0.353. The van der Waals surface area contributed by atoms with Gasteiger partial charge in [-0.3, -0.25) is 14.2 Å². The van der Waals surface area contributed by atoms with Crippen molar-refractivity contribution in [2.24, 2.45) is 4.99 Å². The lowest BCUT2D eigenvalue weighted by Gasteiger charge is -2.24. The van der Waals surface area contributed by atoms with Crippen molar-refractivity contribution in [3.8, 4) is 5.75 Å². The Labute approximate surface area is 214 Å². The normalized spacial score (nSPS) is 15.5. The number of esters is 2. The summed E-state index contributed by atoms with van der Waals surface area (Å²) in [5.41, 5.74) is 2.94. The minimum absolute atomic E-state index is 0.211. The smallest absolute Gasteiger partial charge is 0.338 e. The molecule has 7 nitrogen and oxygen atoms in total. The number of hydrogen-bond acceptors (Lipinski definition) is 7. The van der Waals surface area contributed by atoms with Crippen LogP contribution in [0.2, 0.25) is 0 Å². The number of ether oxygens (including phenoxy) is 2. The minimum atomic E-state index is -0.677. The van der Waals surface area contributed by atoms with Crippen LogP contribution in [0.5, 0.6) is 5.75 Å². The van der Waals surface area contributed by atoms with Gasteiger partial charge in [0.15, 0.2) is 4.80 Å². The van der Waals surface area contributed by atoms with E-state index < -0.39 is 18.0 Å². The summed E-state index contributed by atoms with van der Waals surface area (Å²) in [6.45, 7) is 6.99. The van der Waals surface area contributed by atoms with Gasteiger partial charge in [0.25, 0.3) is 5.56 Å². The molecule has 0 amide bonds. The fraction of sp³-hybridized carbons (Fsp3) is 0.231. The highest BCUT2D eigenvalue weighted by Crippen LogP contribution is 2.31. The minimum Gasteiger partial charge on any atom is -0.463 e. The van der Waals surface area contributed by atoms with Gasteiger partial charge in [0.05, 0.1) is 28.5 Å². The molecule has 0 bridgehead atoms. The van der Waals surface area contributed by atoms with Gasteiger partial charge < -0.3 is 9.47 Å². The summed E-state index contributed by atoms with van der Waals surface area (Å²) in [5, 5.41) is 0. The van der Waals surface area contributed by atoms with Crippen molar-refractivity contribution in [1.29, 1.82) is 0 Å². The number of hydrogen-bond donors (Lipinski definition) is 0. The summed E-state index contributed by atoms with van der Waals surface area (Å²) in [5.74, 6) is -0.625. The molecule has 0 spiro atoms. The van der Waals surface area contributed by atoms with Crippen LogP contribution in [0.15, 0.2) is 68.0 Å². The molecule has 1 aromatic heterocycles. The Morgan fingerprint density at radius 3 is 2.54 bits per heavy atom. The van der Waals surface area contributed by atoms with Gasteiger partial charge in [-0.1, -0.05) is 57.1 Å². The van der Waals surface area contributed by atoms with Gasteiger partial charge >= 0.3 is 11.9 Å². The van der Waals surface area contributed by atoms with Crippen LogP contribution in [0.25, 0.3) is 6.08 Å². The van der Waals surface area contributed by atoms with Gasteiger partial charge in [0, 0.05) is 17.0 Å². The molecule has 9 heteroatoms. The summed E-state index contributed by atoms with van der Waals surface area (Å²) in [4.78, 5) is 43.3. The van der Waals surface area contributed by atoms with Gasteiger partial charge in [0.1, 0.15) is 5.75 Å². The third-order valence-electron chi connectivity index (χ3n) is 5.42. The first kappa shape index (κ1) is 24.8. The third kappa shape index (κ3) is 5.06. The van der Waals surface area contributed by atoms with Gasteiger partial charge in [-0.05, 0) is 50.6 Å². The molecule has 1 unspecified atom stereocenters. The number of carbonyl (C=O) groups is 2. The molecule has 4 rings (SSSR count). The Kier molecular flexibility index (Phi) is 7.18. The van der Waals surface area contributed by atoms with E-state index in [4.69, 9.17) is 9.47 Å². The number of rotatable bonds is 5. The Hall–Kier alpha value is -3.30. The lowest BCUT2D eigenvalue weighted by Crippen LogP contribution is -2.39. The molecule has 0 N–H and O–H groups in total. The van der Waals surface area contributed by atoms with E-state index in [9.17, 15) is 14.4 Å². The zero-order valence-electron chi connectivity index (χ0n) is 19.6. The van der Waals surface area contributed by atoms with Gasteiger partial charge in [-0.2, -0.15) is 0 Å². The number of allylic oxidation sites excluding steroid dienone is 1. The highest BCUT2D eigenvalue weighted by Gasteiger charge is 2.33. The first-order valence-electron chi connectivity index (χ1n) is 10.9. The monoisotopic (exact) mass is 554 g/mol. The molecule has 0 saturated carbocycles. The molecule has 2 heterocycles. The molecule has 0 fully saturated rings. The fourth-order valence-corrected chi connectivity index (χ4v) is 5.29. The predicted octanol–water partition coefficient (Wildman–Crippen LogP) is 3.79. The Morgan fingerprint density at radius 1 is 1.17 bits per heavy atom. The molecule has 0 aliphatic carbocycles. The number of thiazole rings is 1. The van der Waals surface area contributed by atoms with Crippen molar-refractivity contribution in [1.82, 2.24) is 4.57 Å². The van der Waals surface area contributed by atoms with E-state index in [1.807, 2.05) is 31.2 Å². The lowest BCUT2D eigenvalue weighted by atomic mass is 9.95. The van der Waals surface area contributed by atoms with Crippen LogP contribution in [0.4, 0.5) is 0 Å². The van der Waals surface area contributed by atoms with E-state index in [-0.39, 0.29) is 12.2 Å². The van der Waals surface area contributed by atoms with Gasteiger partial charge in [0.2, 0.25) is 0 Å². The molecule has 2 aromatic carbocycles. The van der Waals surface area contributed by atoms with E-state index >= 15 is 0 Å². The first-order chi connectivity index (χ1) is 16.7. The van der Waals surface area contributed by atoms with Crippen LogP contribution < -0.4 is 19.6 Å². The number of aromatic nitrogens is 1. The summed E-state index contributed by atoms with van der Waals surface area (Å²) >= 11 is 4.64. The average Bonchev–Trinajstić information content (AvgIpc) is 3.09. The molecule has 1 atom stereocenters. The second-order valence-corrected chi connectivity index (χ2v) is 9.91. The number of benzene rings is 2. The van der Waals surface area contributed by atoms with Crippen LogP contribution in [-0.4, -0.2) is 23.1 Å². The van der Waals surface area contributed by atoms with Crippen molar-refractivity contribution in [2.45, 2.75) is 33.7 Å². The zero-order valence-corrected chi connectivity index (χ0v) is 22.0. The van der Waals surface area contributed by atoms with Crippen molar-refractivity contribution in [3.63, 3.8) is 0 Å². The lowest BCUT2D eigenvalue weighted by molar-refractivity contribution is -0.139.